The van der Waals surface area contributed by atoms with Crippen molar-refractivity contribution >= 4 is 0 Å². The fourth-order valence-corrected chi connectivity index (χ4v) is 1.79. The van der Waals surface area contributed by atoms with Crippen LogP contribution in [0.3, 0.4) is 0 Å². The van der Waals surface area contributed by atoms with Gasteiger partial charge in [-0.15, -0.1) is 0 Å². The Bertz CT molecular complexity index is 109. The predicted molar refractivity (Wildman–Crippen MR) is 50.9 cm³/mol. The zero-order chi connectivity index (χ0) is 8.10. The molecular formula is C9H22N2. The van der Waals surface area contributed by atoms with Crippen LogP contribution in [0.15, 0.2) is 0 Å². The Morgan fingerprint density at radius 3 is 3.00 bits per heavy atom. The first-order valence-electron chi connectivity index (χ1n) is 4.75. The summed E-state index contributed by atoms with van der Waals surface area (Å²) < 4.78 is 0. The summed E-state index contributed by atoms with van der Waals surface area (Å²) in [6.07, 6.45) is 4.12. The Labute approximate surface area is 71.4 Å². The number of nitrogens with one attached hydrogen (secondary N) is 1. The third kappa shape index (κ3) is 2.80. The molecule has 1 fully saturated rings. The second-order valence-electron chi connectivity index (χ2n) is 3.42. The second-order valence-corrected chi connectivity index (χ2v) is 3.42. The van der Waals surface area contributed by atoms with Crippen LogP contribution < -0.4 is 5.32 Å². The first-order valence-corrected chi connectivity index (χ1v) is 4.75. The quantitative estimate of drug-likeness (QED) is 0.621. The van der Waals surface area contributed by atoms with E-state index in [1.165, 1.54) is 32.4 Å². The van der Waals surface area contributed by atoms with Gasteiger partial charge in [0, 0.05) is 7.47 Å². The maximum Gasteiger partial charge on any atom is 0.0105 e. The first kappa shape index (κ1) is 9.01. The minimum absolute atomic E-state index is 0. The van der Waals surface area contributed by atoms with Crippen LogP contribution >= 0.6 is 0 Å². The van der Waals surface area contributed by atoms with Gasteiger partial charge in [0.2, 0.25) is 0 Å². The highest BCUT2D eigenvalue weighted by molar-refractivity contribution is 4.76. The molecule has 1 atom stereocenters. The molecule has 1 saturated heterocycles. The first-order chi connectivity index (χ1) is 5.34. The van der Waals surface area contributed by atoms with Crippen molar-refractivity contribution in [3.63, 3.8) is 0 Å². The monoisotopic (exact) mass is 158 g/mol. The highest BCUT2D eigenvalue weighted by atomic mass is 15.1. The van der Waals surface area contributed by atoms with Gasteiger partial charge in [0.15, 0.2) is 0 Å². The molecule has 1 unspecified atom stereocenters. The molecule has 0 amide bonds. The fourth-order valence-electron chi connectivity index (χ4n) is 1.79. The van der Waals surface area contributed by atoms with Crippen LogP contribution in [0, 0.1) is 0 Å². The lowest BCUT2D eigenvalue weighted by Gasteiger charge is -2.18. The van der Waals surface area contributed by atoms with E-state index in [1.54, 1.807) is 0 Å². The van der Waals surface area contributed by atoms with Crippen LogP contribution in [0.5, 0.6) is 0 Å². The molecule has 0 radical (unpaired) electrons. The highest BCUT2D eigenvalue weighted by Gasteiger charge is 2.19. The molecule has 1 rings (SSSR count). The van der Waals surface area contributed by atoms with Crippen molar-refractivity contribution < 1.29 is 1.43 Å². The Morgan fingerprint density at radius 2 is 2.45 bits per heavy atom. The van der Waals surface area contributed by atoms with Crippen LogP contribution in [0.1, 0.15) is 27.6 Å². The lowest BCUT2D eigenvalue weighted by atomic mass is 10.1. The van der Waals surface area contributed by atoms with Crippen molar-refractivity contribution in [3.05, 3.63) is 0 Å². The Kier molecular flexibility index (Phi) is 3.87. The van der Waals surface area contributed by atoms with E-state index >= 15 is 0 Å². The van der Waals surface area contributed by atoms with Gasteiger partial charge in [-0.25, -0.2) is 0 Å². The van der Waals surface area contributed by atoms with E-state index in [9.17, 15) is 0 Å². The number of hydrogen-bond donors (Lipinski definition) is 1. The van der Waals surface area contributed by atoms with E-state index in [-0.39, 0.29) is 1.43 Å². The minimum atomic E-state index is 0. The normalized spacial score (nSPS) is 26.2. The molecule has 0 bridgehead atoms. The molecule has 1 aliphatic heterocycles. The third-order valence-electron chi connectivity index (χ3n) is 2.58. The van der Waals surface area contributed by atoms with Gasteiger partial charge >= 0.3 is 0 Å². The number of nitrogens with zero attached hydrogens (tertiary/aromatic N) is 1. The van der Waals surface area contributed by atoms with Crippen LogP contribution in [-0.2, 0) is 0 Å². The molecule has 2 heteroatoms. The van der Waals surface area contributed by atoms with Gasteiger partial charge in [-0.2, -0.15) is 0 Å². The number of likely N-dealkylation sites (tertiary alicyclic amines) is 1. The van der Waals surface area contributed by atoms with E-state index in [4.69, 9.17) is 0 Å². The smallest absolute Gasteiger partial charge is 0.0105 e. The zero-order valence-corrected chi connectivity index (χ0v) is 7.77. The maximum absolute atomic E-state index is 3.37. The van der Waals surface area contributed by atoms with Crippen molar-refractivity contribution in [2.75, 3.05) is 26.7 Å². The molecule has 68 valence electrons. The van der Waals surface area contributed by atoms with Crippen molar-refractivity contribution in [1.29, 1.82) is 0 Å². The molecule has 0 saturated carbocycles. The van der Waals surface area contributed by atoms with Gasteiger partial charge in [-0.05, 0) is 45.9 Å². The average molecular weight is 158 g/mol. The lowest BCUT2D eigenvalue weighted by molar-refractivity contribution is 0.294. The summed E-state index contributed by atoms with van der Waals surface area (Å²) in [6, 6.07) is 0.856. The summed E-state index contributed by atoms with van der Waals surface area (Å²) in [5.41, 5.74) is 0. The van der Waals surface area contributed by atoms with Crippen LogP contribution in [0.2, 0.25) is 0 Å². The van der Waals surface area contributed by atoms with E-state index in [0.717, 1.165) is 12.6 Å². The largest absolute Gasteiger partial charge is 0.317 e. The number of rotatable bonds is 4. The van der Waals surface area contributed by atoms with E-state index in [1.807, 2.05) is 0 Å². The summed E-state index contributed by atoms with van der Waals surface area (Å²) in [4.78, 5) is 2.48. The Balaban J connectivity index is 0.00000121. The van der Waals surface area contributed by atoms with Crippen LogP contribution in [0.25, 0.3) is 0 Å². The summed E-state index contributed by atoms with van der Waals surface area (Å²) in [5, 5.41) is 3.37. The van der Waals surface area contributed by atoms with E-state index < -0.39 is 0 Å². The van der Waals surface area contributed by atoms with Gasteiger partial charge in [-0.1, -0.05) is 6.92 Å². The standard InChI is InChI=1S/C9H20N2.H2/c1-3-10-7-6-9-5-4-8-11(9)2;/h9-10H,3-8H2,1-2H3;1H. The molecule has 1 aliphatic rings. The predicted octanol–water partition coefficient (Wildman–Crippen LogP) is 1.33. The molecule has 0 aromatic rings. The fraction of sp³-hybridized carbons (Fsp3) is 1.00. The molecule has 0 spiro atoms. The summed E-state index contributed by atoms with van der Waals surface area (Å²) >= 11 is 0. The Morgan fingerprint density at radius 1 is 1.64 bits per heavy atom. The molecule has 2 nitrogen and oxygen atoms in total. The third-order valence-corrected chi connectivity index (χ3v) is 2.58. The second kappa shape index (κ2) is 4.73. The van der Waals surface area contributed by atoms with Gasteiger partial charge in [0.1, 0.15) is 0 Å². The maximum atomic E-state index is 3.37. The lowest BCUT2D eigenvalue weighted by Crippen LogP contribution is -2.28. The topological polar surface area (TPSA) is 15.3 Å². The van der Waals surface area contributed by atoms with Gasteiger partial charge < -0.3 is 10.2 Å². The summed E-state index contributed by atoms with van der Waals surface area (Å²) in [6.45, 7) is 5.76. The van der Waals surface area contributed by atoms with E-state index in [2.05, 4.69) is 24.2 Å². The summed E-state index contributed by atoms with van der Waals surface area (Å²) in [7, 11) is 2.24. The molecule has 11 heavy (non-hydrogen) atoms. The molecule has 1 heterocycles. The molecular weight excluding hydrogens is 136 g/mol. The van der Waals surface area contributed by atoms with Crippen LogP contribution in [-0.4, -0.2) is 37.6 Å². The average Bonchev–Trinajstić information content (AvgIpc) is 2.37. The summed E-state index contributed by atoms with van der Waals surface area (Å²) in [5.74, 6) is 0. The van der Waals surface area contributed by atoms with E-state index in [0.29, 0.717) is 0 Å². The number of hydrogen-bond acceptors (Lipinski definition) is 2. The van der Waals surface area contributed by atoms with Gasteiger partial charge in [0.05, 0.1) is 0 Å². The van der Waals surface area contributed by atoms with Crippen molar-refractivity contribution in [3.8, 4) is 0 Å². The highest BCUT2D eigenvalue weighted by Crippen LogP contribution is 2.16. The van der Waals surface area contributed by atoms with Crippen LogP contribution in [0.4, 0.5) is 0 Å². The SMILES string of the molecule is CCNCCC1CCCN1C.[HH]. The zero-order valence-electron chi connectivity index (χ0n) is 7.77. The van der Waals surface area contributed by atoms with Crippen molar-refractivity contribution in [2.24, 2.45) is 0 Å². The molecule has 0 aliphatic carbocycles. The van der Waals surface area contributed by atoms with Crippen molar-refractivity contribution in [1.82, 2.24) is 10.2 Å². The Hall–Kier alpha value is -0.0800. The molecule has 1 N–H and O–H groups in total. The minimum Gasteiger partial charge on any atom is -0.317 e. The van der Waals surface area contributed by atoms with Gasteiger partial charge in [-0.3, -0.25) is 0 Å². The molecule has 0 aromatic heterocycles. The van der Waals surface area contributed by atoms with Gasteiger partial charge in [0.25, 0.3) is 0 Å². The van der Waals surface area contributed by atoms with Crippen molar-refractivity contribution in [2.45, 2.75) is 32.2 Å². The molecule has 0 aromatic carbocycles.